The van der Waals surface area contributed by atoms with E-state index in [-0.39, 0.29) is 17.8 Å². The maximum atomic E-state index is 12.0. The lowest BCUT2D eigenvalue weighted by Gasteiger charge is -2.30. The molecular formula is C14H20N2O4. The van der Waals surface area contributed by atoms with Crippen molar-refractivity contribution in [2.75, 3.05) is 40.4 Å². The zero-order valence-corrected chi connectivity index (χ0v) is 11.8. The Balaban J connectivity index is 1.90. The minimum atomic E-state index is -0.236. The number of rotatable bonds is 4. The van der Waals surface area contributed by atoms with Gasteiger partial charge < -0.3 is 24.8 Å². The van der Waals surface area contributed by atoms with E-state index in [1.807, 2.05) is 7.05 Å². The van der Waals surface area contributed by atoms with Gasteiger partial charge in [-0.15, -0.1) is 0 Å². The molecule has 20 heavy (non-hydrogen) atoms. The number of nitrogens with one attached hydrogen (secondary N) is 1. The molecule has 0 spiro atoms. The van der Waals surface area contributed by atoms with E-state index in [1.54, 1.807) is 12.1 Å². The first kappa shape index (κ1) is 14.6. The van der Waals surface area contributed by atoms with Crippen molar-refractivity contribution in [1.29, 1.82) is 0 Å². The second-order valence-corrected chi connectivity index (χ2v) is 4.85. The highest BCUT2D eigenvalue weighted by Gasteiger charge is 2.18. The minimum absolute atomic E-state index is 0.00421. The maximum absolute atomic E-state index is 12.0. The smallest absolute Gasteiger partial charge is 0.251 e. The normalized spacial score (nSPS) is 19.6. The summed E-state index contributed by atoms with van der Waals surface area (Å²) < 4.78 is 10.5. The van der Waals surface area contributed by atoms with Crippen molar-refractivity contribution in [2.24, 2.45) is 0 Å². The van der Waals surface area contributed by atoms with Crippen LogP contribution in [0.5, 0.6) is 11.5 Å². The molecule has 1 aliphatic rings. The van der Waals surface area contributed by atoms with Gasteiger partial charge in [-0.2, -0.15) is 0 Å². The highest BCUT2D eigenvalue weighted by Crippen LogP contribution is 2.26. The van der Waals surface area contributed by atoms with Gasteiger partial charge in [0.05, 0.1) is 19.8 Å². The van der Waals surface area contributed by atoms with Gasteiger partial charge in [0.25, 0.3) is 5.91 Å². The monoisotopic (exact) mass is 280 g/mol. The Morgan fingerprint density at radius 1 is 1.60 bits per heavy atom. The van der Waals surface area contributed by atoms with Crippen LogP contribution in [-0.2, 0) is 4.74 Å². The van der Waals surface area contributed by atoms with Crippen LogP contribution in [0.4, 0.5) is 0 Å². The number of methoxy groups -OCH3 is 1. The lowest BCUT2D eigenvalue weighted by molar-refractivity contribution is -0.0175. The Labute approximate surface area is 118 Å². The fourth-order valence-corrected chi connectivity index (χ4v) is 2.13. The van der Waals surface area contributed by atoms with Crippen LogP contribution in [0.25, 0.3) is 0 Å². The van der Waals surface area contributed by atoms with Crippen LogP contribution in [0, 0.1) is 0 Å². The summed E-state index contributed by atoms with van der Waals surface area (Å²) in [5, 5.41) is 12.5. The number of phenols is 1. The number of carbonyl (C=O) groups is 1. The number of amides is 1. The lowest BCUT2D eigenvalue weighted by Crippen LogP contribution is -2.45. The van der Waals surface area contributed by atoms with E-state index in [9.17, 15) is 9.90 Å². The Hall–Kier alpha value is -1.79. The van der Waals surface area contributed by atoms with Crippen LogP contribution in [0.1, 0.15) is 10.4 Å². The molecule has 0 radical (unpaired) electrons. The number of ether oxygens (including phenoxy) is 2. The molecule has 0 aliphatic carbocycles. The summed E-state index contributed by atoms with van der Waals surface area (Å²) in [6.07, 6.45) is 0.00421. The van der Waals surface area contributed by atoms with Crippen LogP contribution in [0.3, 0.4) is 0 Å². The van der Waals surface area contributed by atoms with Gasteiger partial charge in [-0.1, -0.05) is 0 Å². The number of hydrogen-bond donors (Lipinski definition) is 2. The van der Waals surface area contributed by atoms with Crippen LogP contribution < -0.4 is 10.1 Å². The van der Waals surface area contributed by atoms with E-state index >= 15 is 0 Å². The number of likely N-dealkylation sites (N-methyl/N-ethyl adjacent to an activating group) is 1. The zero-order valence-electron chi connectivity index (χ0n) is 11.8. The van der Waals surface area contributed by atoms with E-state index < -0.39 is 0 Å². The molecule has 1 amide bonds. The zero-order chi connectivity index (χ0) is 14.5. The predicted molar refractivity (Wildman–Crippen MR) is 74.2 cm³/mol. The quantitative estimate of drug-likeness (QED) is 0.838. The van der Waals surface area contributed by atoms with Gasteiger partial charge in [-0.05, 0) is 25.2 Å². The van der Waals surface area contributed by atoms with Gasteiger partial charge in [0.2, 0.25) is 0 Å². The SMILES string of the molecule is COc1ccc(C(=O)NCC2CN(C)CCO2)cc1O. The number of hydrogen-bond acceptors (Lipinski definition) is 5. The van der Waals surface area contributed by atoms with Crippen molar-refractivity contribution in [3.8, 4) is 11.5 Å². The number of morpholine rings is 1. The third-order valence-corrected chi connectivity index (χ3v) is 3.27. The van der Waals surface area contributed by atoms with Crippen molar-refractivity contribution in [3.05, 3.63) is 23.8 Å². The molecule has 110 valence electrons. The molecular weight excluding hydrogens is 260 g/mol. The molecule has 1 aromatic rings. The molecule has 0 bridgehead atoms. The minimum Gasteiger partial charge on any atom is -0.504 e. The Morgan fingerprint density at radius 2 is 2.40 bits per heavy atom. The van der Waals surface area contributed by atoms with Crippen molar-refractivity contribution < 1.29 is 19.4 Å². The molecule has 2 N–H and O–H groups in total. The first-order valence-corrected chi connectivity index (χ1v) is 6.55. The number of benzene rings is 1. The average Bonchev–Trinajstić information content (AvgIpc) is 2.44. The molecule has 1 fully saturated rings. The molecule has 1 aromatic carbocycles. The van der Waals surface area contributed by atoms with Gasteiger partial charge in [-0.3, -0.25) is 4.79 Å². The predicted octanol–water partition coefficient (Wildman–Crippen LogP) is 0.461. The van der Waals surface area contributed by atoms with Gasteiger partial charge in [0.15, 0.2) is 11.5 Å². The molecule has 1 aliphatic heterocycles. The number of nitrogens with zero attached hydrogens (tertiary/aromatic N) is 1. The highest BCUT2D eigenvalue weighted by molar-refractivity contribution is 5.94. The third kappa shape index (κ3) is 3.61. The summed E-state index contributed by atoms with van der Waals surface area (Å²) in [5.74, 6) is 0.0624. The van der Waals surface area contributed by atoms with Gasteiger partial charge >= 0.3 is 0 Å². The Kier molecular flexibility index (Phi) is 4.81. The van der Waals surface area contributed by atoms with E-state index in [4.69, 9.17) is 9.47 Å². The molecule has 6 nitrogen and oxygen atoms in total. The van der Waals surface area contributed by atoms with Crippen molar-refractivity contribution in [2.45, 2.75) is 6.10 Å². The van der Waals surface area contributed by atoms with Crippen molar-refractivity contribution >= 4 is 5.91 Å². The summed E-state index contributed by atoms with van der Waals surface area (Å²) >= 11 is 0. The summed E-state index contributed by atoms with van der Waals surface area (Å²) in [7, 11) is 3.49. The van der Waals surface area contributed by atoms with Crippen molar-refractivity contribution in [1.82, 2.24) is 10.2 Å². The Bertz CT molecular complexity index is 478. The van der Waals surface area contributed by atoms with Gasteiger partial charge in [0.1, 0.15) is 0 Å². The molecule has 1 saturated heterocycles. The number of carbonyl (C=O) groups excluding carboxylic acids is 1. The molecule has 0 saturated carbocycles. The number of phenolic OH excluding ortho intramolecular Hbond substituents is 1. The number of aromatic hydroxyl groups is 1. The average molecular weight is 280 g/mol. The van der Waals surface area contributed by atoms with E-state index in [1.165, 1.54) is 13.2 Å². The highest BCUT2D eigenvalue weighted by atomic mass is 16.5. The third-order valence-electron chi connectivity index (χ3n) is 3.27. The lowest BCUT2D eigenvalue weighted by atomic mass is 10.2. The van der Waals surface area contributed by atoms with Gasteiger partial charge in [-0.25, -0.2) is 0 Å². The van der Waals surface area contributed by atoms with E-state index in [0.717, 1.165) is 13.1 Å². The van der Waals surface area contributed by atoms with E-state index in [0.29, 0.717) is 24.5 Å². The molecule has 6 heteroatoms. The molecule has 0 aromatic heterocycles. The Morgan fingerprint density at radius 3 is 3.05 bits per heavy atom. The molecule has 1 heterocycles. The largest absolute Gasteiger partial charge is 0.504 e. The summed E-state index contributed by atoms with van der Waals surface area (Å²) in [5.41, 5.74) is 0.396. The van der Waals surface area contributed by atoms with Crippen LogP contribution in [0.2, 0.25) is 0 Å². The standard InChI is InChI=1S/C14H20N2O4/c1-16-5-6-20-11(9-16)8-15-14(18)10-3-4-13(19-2)12(17)7-10/h3-4,7,11,17H,5-6,8-9H2,1-2H3,(H,15,18). The topological polar surface area (TPSA) is 71.0 Å². The fraction of sp³-hybridized carbons (Fsp3) is 0.500. The van der Waals surface area contributed by atoms with E-state index in [2.05, 4.69) is 10.2 Å². The first-order chi connectivity index (χ1) is 9.60. The first-order valence-electron chi connectivity index (χ1n) is 6.55. The van der Waals surface area contributed by atoms with Crippen LogP contribution in [-0.4, -0.2) is 62.4 Å². The van der Waals surface area contributed by atoms with Crippen molar-refractivity contribution in [3.63, 3.8) is 0 Å². The van der Waals surface area contributed by atoms with Crippen LogP contribution in [0.15, 0.2) is 18.2 Å². The summed E-state index contributed by atoms with van der Waals surface area (Å²) in [6, 6.07) is 4.57. The molecule has 2 rings (SSSR count). The fourth-order valence-electron chi connectivity index (χ4n) is 2.13. The summed E-state index contributed by atoms with van der Waals surface area (Å²) in [6.45, 7) is 2.85. The second kappa shape index (κ2) is 6.58. The maximum Gasteiger partial charge on any atom is 0.251 e. The molecule has 1 atom stereocenters. The van der Waals surface area contributed by atoms with Crippen LogP contribution >= 0.6 is 0 Å². The second-order valence-electron chi connectivity index (χ2n) is 4.85. The van der Waals surface area contributed by atoms with Gasteiger partial charge in [0, 0.05) is 25.2 Å². The molecule has 1 unspecified atom stereocenters. The summed E-state index contributed by atoms with van der Waals surface area (Å²) in [4.78, 5) is 14.2.